The Bertz CT molecular complexity index is 1050. The molecule has 4 aromatic rings. The van der Waals surface area contributed by atoms with E-state index in [1.807, 2.05) is 24.3 Å². The molecule has 0 radical (unpaired) electrons. The third kappa shape index (κ3) is 3.86. The Balaban J connectivity index is 1.51. The lowest BCUT2D eigenvalue weighted by Crippen LogP contribution is -2.00. The first-order chi connectivity index (χ1) is 13.2. The summed E-state index contributed by atoms with van der Waals surface area (Å²) < 4.78 is 7.40. The average Bonchev–Trinajstić information content (AvgIpc) is 3.34. The van der Waals surface area contributed by atoms with Crippen molar-refractivity contribution in [1.82, 2.24) is 29.9 Å². The molecule has 0 unspecified atom stereocenters. The van der Waals surface area contributed by atoms with Gasteiger partial charge in [0, 0.05) is 35.1 Å². The van der Waals surface area contributed by atoms with Gasteiger partial charge in [0.1, 0.15) is 0 Å². The van der Waals surface area contributed by atoms with E-state index in [9.17, 15) is 0 Å². The van der Waals surface area contributed by atoms with Crippen LogP contribution in [0.1, 0.15) is 12.7 Å². The predicted molar refractivity (Wildman–Crippen MR) is 103 cm³/mol. The van der Waals surface area contributed by atoms with Crippen LogP contribution in [0.3, 0.4) is 0 Å². The molecule has 0 spiro atoms. The molecule has 7 nitrogen and oxygen atoms in total. The van der Waals surface area contributed by atoms with E-state index in [0.29, 0.717) is 22.5 Å². The van der Waals surface area contributed by atoms with Crippen molar-refractivity contribution in [3.05, 3.63) is 59.6 Å². The first-order valence-electron chi connectivity index (χ1n) is 8.29. The van der Waals surface area contributed by atoms with Gasteiger partial charge in [-0.3, -0.25) is 4.98 Å². The van der Waals surface area contributed by atoms with Crippen LogP contribution in [0.5, 0.6) is 0 Å². The lowest BCUT2D eigenvalue weighted by atomic mass is 10.2. The summed E-state index contributed by atoms with van der Waals surface area (Å²) in [4.78, 5) is 8.48. The minimum atomic E-state index is 0.447. The Morgan fingerprint density at radius 2 is 1.96 bits per heavy atom. The topological polar surface area (TPSA) is 82.5 Å². The summed E-state index contributed by atoms with van der Waals surface area (Å²) >= 11 is 7.53. The van der Waals surface area contributed by atoms with Crippen molar-refractivity contribution in [3.8, 4) is 22.8 Å². The number of aromatic nitrogens is 6. The first-order valence-corrected chi connectivity index (χ1v) is 9.66. The highest BCUT2D eigenvalue weighted by atomic mass is 35.5. The lowest BCUT2D eigenvalue weighted by molar-refractivity contribution is 0.425. The van der Waals surface area contributed by atoms with E-state index in [-0.39, 0.29) is 0 Å². The zero-order chi connectivity index (χ0) is 18.6. The summed E-state index contributed by atoms with van der Waals surface area (Å²) in [6, 6.07) is 11.2. The molecule has 0 aliphatic heterocycles. The third-order valence-corrected chi connectivity index (χ3v) is 5.04. The molecular weight excluding hydrogens is 384 g/mol. The molecule has 0 aliphatic carbocycles. The number of pyridine rings is 1. The first kappa shape index (κ1) is 17.7. The maximum atomic E-state index is 6.01. The maximum absolute atomic E-state index is 6.01. The van der Waals surface area contributed by atoms with Gasteiger partial charge in [-0.05, 0) is 37.3 Å². The molecule has 1 aromatic carbocycles. The highest BCUT2D eigenvalue weighted by Crippen LogP contribution is 2.27. The quantitative estimate of drug-likeness (QED) is 0.446. The number of hydrogen-bond acceptors (Lipinski definition) is 7. The normalized spacial score (nSPS) is 11.0. The van der Waals surface area contributed by atoms with Gasteiger partial charge in [0.25, 0.3) is 5.89 Å². The minimum absolute atomic E-state index is 0.447. The number of hydrogen-bond donors (Lipinski definition) is 0. The molecule has 3 aromatic heterocycles. The molecule has 0 N–H and O–H groups in total. The zero-order valence-electron chi connectivity index (χ0n) is 14.4. The van der Waals surface area contributed by atoms with Gasteiger partial charge < -0.3 is 9.09 Å². The van der Waals surface area contributed by atoms with E-state index in [0.717, 1.165) is 28.7 Å². The van der Waals surface area contributed by atoms with Crippen molar-refractivity contribution in [2.45, 2.75) is 24.4 Å². The van der Waals surface area contributed by atoms with Crippen LogP contribution in [0.4, 0.5) is 0 Å². The smallest absolute Gasteiger partial charge is 0.258 e. The summed E-state index contributed by atoms with van der Waals surface area (Å²) in [5.74, 6) is 2.38. The molecule has 0 saturated heterocycles. The minimum Gasteiger partial charge on any atom is -0.334 e. The molecule has 27 heavy (non-hydrogen) atoms. The standard InChI is InChI=1S/C18H15ClN6OS/c1-2-25-16(12-6-8-20-9-7-12)22-23-18(25)27-11-15-21-17(26-24-15)13-4-3-5-14(19)10-13/h3-10H,2,11H2,1H3. The number of benzene rings is 1. The maximum Gasteiger partial charge on any atom is 0.258 e. The molecule has 0 saturated carbocycles. The van der Waals surface area contributed by atoms with E-state index < -0.39 is 0 Å². The van der Waals surface area contributed by atoms with Gasteiger partial charge in [0.05, 0.1) is 5.75 Å². The fraction of sp³-hybridized carbons (Fsp3) is 0.167. The average molecular weight is 399 g/mol. The molecule has 0 atom stereocenters. The summed E-state index contributed by atoms with van der Waals surface area (Å²) in [6.45, 7) is 2.82. The van der Waals surface area contributed by atoms with E-state index >= 15 is 0 Å². The molecule has 4 rings (SSSR count). The lowest BCUT2D eigenvalue weighted by Gasteiger charge is -2.06. The highest BCUT2D eigenvalue weighted by Gasteiger charge is 2.15. The van der Waals surface area contributed by atoms with Gasteiger partial charge in [-0.2, -0.15) is 4.98 Å². The second-order valence-corrected chi connectivity index (χ2v) is 6.98. The summed E-state index contributed by atoms with van der Waals surface area (Å²) in [6.07, 6.45) is 3.49. The Morgan fingerprint density at radius 3 is 2.74 bits per heavy atom. The molecule has 0 bridgehead atoms. The van der Waals surface area contributed by atoms with E-state index in [1.54, 1.807) is 24.5 Å². The molecule has 0 amide bonds. The van der Waals surface area contributed by atoms with Gasteiger partial charge in [-0.1, -0.05) is 34.6 Å². The highest BCUT2D eigenvalue weighted by molar-refractivity contribution is 7.98. The molecular formula is C18H15ClN6OS. The van der Waals surface area contributed by atoms with Crippen LogP contribution in [-0.4, -0.2) is 29.9 Å². The van der Waals surface area contributed by atoms with Crippen molar-refractivity contribution < 1.29 is 4.52 Å². The second kappa shape index (κ2) is 7.89. The van der Waals surface area contributed by atoms with Crippen LogP contribution in [0.2, 0.25) is 5.02 Å². The van der Waals surface area contributed by atoms with Crippen LogP contribution >= 0.6 is 23.4 Å². The summed E-state index contributed by atoms with van der Waals surface area (Å²) in [5.41, 5.74) is 1.77. The van der Waals surface area contributed by atoms with Crippen LogP contribution < -0.4 is 0 Å². The van der Waals surface area contributed by atoms with Crippen molar-refractivity contribution in [1.29, 1.82) is 0 Å². The second-order valence-electron chi connectivity index (χ2n) is 5.60. The Morgan fingerprint density at radius 1 is 1.11 bits per heavy atom. The monoisotopic (exact) mass is 398 g/mol. The van der Waals surface area contributed by atoms with Crippen molar-refractivity contribution >= 4 is 23.4 Å². The number of nitrogens with zero attached hydrogens (tertiary/aromatic N) is 6. The molecule has 9 heteroatoms. The van der Waals surface area contributed by atoms with Crippen LogP contribution in [-0.2, 0) is 12.3 Å². The summed E-state index contributed by atoms with van der Waals surface area (Å²) in [5, 5.41) is 14.1. The van der Waals surface area contributed by atoms with Gasteiger partial charge >= 0.3 is 0 Å². The molecule has 136 valence electrons. The number of halogens is 1. The van der Waals surface area contributed by atoms with Crippen molar-refractivity contribution in [2.75, 3.05) is 0 Å². The van der Waals surface area contributed by atoms with Crippen LogP contribution in [0, 0.1) is 0 Å². The Kier molecular flexibility index (Phi) is 5.17. The zero-order valence-corrected chi connectivity index (χ0v) is 16.0. The van der Waals surface area contributed by atoms with Gasteiger partial charge in [0.15, 0.2) is 16.8 Å². The van der Waals surface area contributed by atoms with E-state index in [4.69, 9.17) is 16.1 Å². The van der Waals surface area contributed by atoms with Crippen LogP contribution in [0.15, 0.2) is 58.5 Å². The number of thioether (sulfide) groups is 1. The van der Waals surface area contributed by atoms with Crippen molar-refractivity contribution in [2.24, 2.45) is 0 Å². The fourth-order valence-corrected chi connectivity index (χ4v) is 3.61. The summed E-state index contributed by atoms with van der Waals surface area (Å²) in [7, 11) is 0. The Hall–Kier alpha value is -2.71. The molecule has 0 aliphatic rings. The molecule has 0 fully saturated rings. The predicted octanol–water partition coefficient (Wildman–Crippen LogP) is 4.36. The fourth-order valence-electron chi connectivity index (χ4n) is 2.58. The SMILES string of the molecule is CCn1c(SCc2noc(-c3cccc(Cl)c3)n2)nnc1-c1ccncc1. The number of rotatable bonds is 6. The van der Waals surface area contributed by atoms with Gasteiger partial charge in [-0.25, -0.2) is 0 Å². The van der Waals surface area contributed by atoms with Gasteiger partial charge in [0.2, 0.25) is 0 Å². The van der Waals surface area contributed by atoms with Crippen molar-refractivity contribution in [3.63, 3.8) is 0 Å². The van der Waals surface area contributed by atoms with E-state index in [1.165, 1.54) is 11.8 Å². The Labute approximate surface area is 164 Å². The van der Waals surface area contributed by atoms with Crippen LogP contribution in [0.25, 0.3) is 22.8 Å². The van der Waals surface area contributed by atoms with E-state index in [2.05, 4.69) is 36.8 Å². The van der Waals surface area contributed by atoms with Gasteiger partial charge in [-0.15, -0.1) is 10.2 Å². The largest absolute Gasteiger partial charge is 0.334 e. The third-order valence-electron chi connectivity index (χ3n) is 3.84. The molecule has 3 heterocycles.